The van der Waals surface area contributed by atoms with Crippen molar-refractivity contribution in [1.29, 1.82) is 0 Å². The number of hydrogen-bond donors (Lipinski definition) is 1. The van der Waals surface area contributed by atoms with E-state index in [0.717, 1.165) is 24.2 Å². The van der Waals surface area contributed by atoms with Crippen LogP contribution in [0, 0.1) is 0 Å². The number of nitrogens with one attached hydrogen (secondary N) is 1. The number of ether oxygens (including phenoxy) is 1. The molecule has 0 aromatic heterocycles. The molecule has 2 rings (SSSR count). The highest BCUT2D eigenvalue weighted by Crippen LogP contribution is 2.25. The fourth-order valence-corrected chi connectivity index (χ4v) is 5.82. The van der Waals surface area contributed by atoms with E-state index in [0.29, 0.717) is 6.42 Å². The lowest BCUT2D eigenvalue weighted by molar-refractivity contribution is 0.423. The molecule has 1 aromatic rings. The van der Waals surface area contributed by atoms with Gasteiger partial charge in [-0.15, -0.1) is 0 Å². The van der Waals surface area contributed by atoms with Crippen molar-refractivity contribution in [3.63, 3.8) is 0 Å². The fourth-order valence-electron chi connectivity index (χ4n) is 3.39. The summed E-state index contributed by atoms with van der Waals surface area (Å²) in [5.41, 5.74) is 0.612. The van der Waals surface area contributed by atoms with Crippen LogP contribution < -0.4 is 10.1 Å². The first-order chi connectivity index (χ1) is 12.3. The molecule has 0 bridgehead atoms. The van der Waals surface area contributed by atoms with Crippen molar-refractivity contribution in [2.45, 2.75) is 70.8 Å². The highest BCUT2D eigenvalue weighted by atomic mass is 32.2. The van der Waals surface area contributed by atoms with Crippen LogP contribution in [0.15, 0.2) is 24.3 Å². The number of thiocarbonyl (C=S) groups is 1. The Bertz CT molecular complexity index is 703. The molecule has 1 saturated heterocycles. The summed E-state index contributed by atoms with van der Waals surface area (Å²) in [4.78, 5) is 0. The number of unbranched alkanes of at least 4 members (excludes halogenated alkanes) is 5. The van der Waals surface area contributed by atoms with Crippen molar-refractivity contribution in [3.8, 4) is 5.75 Å². The van der Waals surface area contributed by atoms with Gasteiger partial charge < -0.3 is 10.1 Å². The minimum Gasteiger partial charge on any atom is -0.432 e. The van der Waals surface area contributed by atoms with E-state index < -0.39 is 15.4 Å². The average molecular weight is 398 g/mol. The van der Waals surface area contributed by atoms with Gasteiger partial charge >= 0.3 is 0 Å². The summed E-state index contributed by atoms with van der Waals surface area (Å²) in [5.74, 6) is 1.07. The third kappa shape index (κ3) is 6.88. The van der Waals surface area contributed by atoms with Gasteiger partial charge in [0.15, 0.2) is 9.84 Å². The Balaban J connectivity index is 1.86. The van der Waals surface area contributed by atoms with E-state index in [1.807, 2.05) is 25.1 Å². The molecular weight excluding hydrogens is 366 g/mol. The molecule has 1 heterocycles. The van der Waals surface area contributed by atoms with Gasteiger partial charge in [0.25, 0.3) is 5.17 Å². The standard InChI is InChI=1S/C20H31NO3S2/c1-3-4-5-6-7-8-11-17-12-9-10-13-18(17)24-19(25)21-20(2)14-15-26(22,23)16-20/h9-10,12-13H,3-8,11,14-16H2,1-2H3,(H,21,25). The summed E-state index contributed by atoms with van der Waals surface area (Å²) >= 11 is 5.33. The second kappa shape index (κ2) is 9.70. The van der Waals surface area contributed by atoms with Gasteiger partial charge in [-0.05, 0) is 50.0 Å². The number of para-hydroxylation sites is 1. The summed E-state index contributed by atoms with van der Waals surface area (Å²) in [6, 6.07) is 7.95. The van der Waals surface area contributed by atoms with Crippen LogP contribution in [0.4, 0.5) is 0 Å². The summed E-state index contributed by atoms with van der Waals surface area (Å²) in [6.45, 7) is 4.11. The second-order valence-electron chi connectivity index (χ2n) is 7.54. The zero-order chi connectivity index (χ0) is 19.0. The van der Waals surface area contributed by atoms with E-state index in [9.17, 15) is 8.42 Å². The number of aryl methyl sites for hydroxylation is 1. The van der Waals surface area contributed by atoms with Gasteiger partial charge in [0.1, 0.15) is 5.75 Å². The van der Waals surface area contributed by atoms with Gasteiger partial charge in [0.05, 0.1) is 17.0 Å². The van der Waals surface area contributed by atoms with Crippen molar-refractivity contribution in [2.24, 2.45) is 0 Å². The summed E-state index contributed by atoms with van der Waals surface area (Å²) in [7, 11) is -2.98. The third-order valence-corrected chi connectivity index (χ3v) is 6.97. The molecule has 1 aliphatic rings. The van der Waals surface area contributed by atoms with Gasteiger partial charge in [-0.1, -0.05) is 57.2 Å². The second-order valence-corrected chi connectivity index (χ2v) is 10.1. The fraction of sp³-hybridized carbons (Fsp3) is 0.650. The maximum Gasteiger partial charge on any atom is 0.262 e. The van der Waals surface area contributed by atoms with Crippen molar-refractivity contribution in [3.05, 3.63) is 29.8 Å². The topological polar surface area (TPSA) is 55.4 Å². The normalized spacial score (nSPS) is 21.5. The summed E-state index contributed by atoms with van der Waals surface area (Å²) in [5, 5.41) is 3.36. The molecule has 1 fully saturated rings. The highest BCUT2D eigenvalue weighted by Gasteiger charge is 2.39. The SMILES string of the molecule is CCCCCCCCc1ccccc1OC(=S)NC1(C)CCS(=O)(=O)C1. The lowest BCUT2D eigenvalue weighted by atomic mass is 10.0. The maximum atomic E-state index is 11.7. The molecule has 1 unspecified atom stereocenters. The van der Waals surface area contributed by atoms with Crippen molar-refractivity contribution in [1.82, 2.24) is 5.32 Å². The van der Waals surface area contributed by atoms with Crippen molar-refractivity contribution < 1.29 is 13.2 Å². The van der Waals surface area contributed by atoms with Crippen LogP contribution in [0.1, 0.15) is 64.4 Å². The predicted molar refractivity (Wildman–Crippen MR) is 112 cm³/mol. The van der Waals surface area contributed by atoms with Crippen LogP contribution in [0.25, 0.3) is 0 Å². The molecule has 0 spiro atoms. The lowest BCUT2D eigenvalue weighted by Crippen LogP contribution is -2.48. The molecule has 0 saturated carbocycles. The molecule has 1 atom stereocenters. The van der Waals surface area contributed by atoms with Crippen molar-refractivity contribution in [2.75, 3.05) is 11.5 Å². The first kappa shape index (κ1) is 21.2. The molecule has 146 valence electrons. The number of sulfone groups is 1. The largest absolute Gasteiger partial charge is 0.432 e. The molecule has 0 aliphatic carbocycles. The molecule has 4 nitrogen and oxygen atoms in total. The van der Waals surface area contributed by atoms with E-state index in [1.54, 1.807) is 0 Å². The number of benzene rings is 1. The molecular formula is C20H31NO3S2. The van der Waals surface area contributed by atoms with E-state index >= 15 is 0 Å². The molecule has 1 N–H and O–H groups in total. The van der Waals surface area contributed by atoms with Gasteiger partial charge in [0.2, 0.25) is 0 Å². The Morgan fingerprint density at radius 1 is 1.19 bits per heavy atom. The van der Waals surface area contributed by atoms with E-state index in [1.165, 1.54) is 32.1 Å². The minimum atomic E-state index is -2.98. The van der Waals surface area contributed by atoms with Crippen LogP contribution in [0.5, 0.6) is 5.75 Å². The Morgan fingerprint density at radius 3 is 2.58 bits per heavy atom. The maximum absolute atomic E-state index is 11.7. The van der Waals surface area contributed by atoms with Gasteiger partial charge in [-0.25, -0.2) is 8.42 Å². The molecule has 6 heteroatoms. The average Bonchev–Trinajstić information content (AvgIpc) is 2.85. The highest BCUT2D eigenvalue weighted by molar-refractivity contribution is 7.91. The van der Waals surface area contributed by atoms with Crippen LogP contribution in [0.2, 0.25) is 0 Å². The third-order valence-electron chi connectivity index (χ3n) is 4.88. The van der Waals surface area contributed by atoms with Gasteiger partial charge in [-0.2, -0.15) is 0 Å². The summed E-state index contributed by atoms with van der Waals surface area (Å²) < 4.78 is 29.3. The van der Waals surface area contributed by atoms with Crippen LogP contribution in [-0.2, 0) is 16.3 Å². The molecule has 26 heavy (non-hydrogen) atoms. The zero-order valence-electron chi connectivity index (χ0n) is 15.9. The minimum absolute atomic E-state index is 0.100. The van der Waals surface area contributed by atoms with E-state index in [4.69, 9.17) is 17.0 Å². The van der Waals surface area contributed by atoms with Crippen LogP contribution >= 0.6 is 12.2 Å². The Kier molecular flexibility index (Phi) is 7.89. The smallest absolute Gasteiger partial charge is 0.262 e. The first-order valence-electron chi connectivity index (χ1n) is 9.62. The molecule has 1 aliphatic heterocycles. The number of rotatable bonds is 9. The summed E-state index contributed by atoms with van der Waals surface area (Å²) in [6.07, 6.45) is 9.06. The Hall–Kier alpha value is -1.14. The van der Waals surface area contributed by atoms with Gasteiger partial charge in [-0.3, -0.25) is 0 Å². The molecule has 1 aromatic carbocycles. The van der Waals surface area contributed by atoms with E-state index in [2.05, 4.69) is 18.3 Å². The van der Waals surface area contributed by atoms with Gasteiger partial charge in [0, 0.05) is 0 Å². The molecule has 0 radical (unpaired) electrons. The number of hydrogen-bond acceptors (Lipinski definition) is 4. The molecule has 0 amide bonds. The predicted octanol–water partition coefficient (Wildman–Crippen LogP) is 4.42. The zero-order valence-corrected chi connectivity index (χ0v) is 17.6. The van der Waals surface area contributed by atoms with E-state index in [-0.39, 0.29) is 16.7 Å². The quantitative estimate of drug-likeness (QED) is 0.494. The Labute approximate surface area is 163 Å². The first-order valence-corrected chi connectivity index (χ1v) is 11.8. The lowest BCUT2D eigenvalue weighted by Gasteiger charge is -2.25. The van der Waals surface area contributed by atoms with Crippen LogP contribution in [-0.4, -0.2) is 30.6 Å². The monoisotopic (exact) mass is 397 g/mol. The van der Waals surface area contributed by atoms with Crippen LogP contribution in [0.3, 0.4) is 0 Å². The van der Waals surface area contributed by atoms with Crippen molar-refractivity contribution >= 4 is 27.2 Å². The Morgan fingerprint density at radius 2 is 1.88 bits per heavy atom.